The summed E-state index contributed by atoms with van der Waals surface area (Å²) in [6.07, 6.45) is 4.07. The number of hydrogen-bond acceptors (Lipinski definition) is 6. The van der Waals surface area contributed by atoms with Gasteiger partial charge < -0.3 is 30.6 Å². The number of carbonyl (C=O) groups excluding carboxylic acids is 3. The van der Waals surface area contributed by atoms with Gasteiger partial charge in [0.1, 0.15) is 18.1 Å². The molecule has 3 aliphatic rings. The molecule has 0 aliphatic carbocycles. The topological polar surface area (TPSA) is 139 Å². The molecule has 0 aromatic heterocycles. The van der Waals surface area contributed by atoms with E-state index in [2.05, 4.69) is 10.6 Å². The summed E-state index contributed by atoms with van der Waals surface area (Å²) in [7, 11) is 0. The van der Waals surface area contributed by atoms with Gasteiger partial charge in [0.2, 0.25) is 17.7 Å². The number of aliphatic hydroxyl groups is 1. The zero-order valence-electron chi connectivity index (χ0n) is 15.8. The molecule has 0 saturated carbocycles. The zero-order valence-corrected chi connectivity index (χ0v) is 15.8. The van der Waals surface area contributed by atoms with Crippen LogP contribution in [0.5, 0.6) is 0 Å². The van der Waals surface area contributed by atoms with Gasteiger partial charge in [-0.1, -0.05) is 0 Å². The minimum Gasteiger partial charge on any atom is -0.480 e. The van der Waals surface area contributed by atoms with Gasteiger partial charge in [0.25, 0.3) is 0 Å². The van der Waals surface area contributed by atoms with Crippen molar-refractivity contribution in [3.8, 4) is 0 Å². The molecule has 0 radical (unpaired) electrons. The Morgan fingerprint density at radius 3 is 2.18 bits per heavy atom. The molecule has 3 rings (SSSR count). The summed E-state index contributed by atoms with van der Waals surface area (Å²) in [5.74, 6) is -2.22. The molecular formula is C18H28N4O6. The fourth-order valence-corrected chi connectivity index (χ4v) is 4.33. The number of nitrogens with zero attached hydrogens (tertiary/aromatic N) is 2. The second kappa shape index (κ2) is 8.87. The molecule has 3 heterocycles. The Morgan fingerprint density at radius 2 is 1.61 bits per heavy atom. The third kappa shape index (κ3) is 4.12. The number of rotatable bonds is 6. The fraction of sp³-hybridized carbons (Fsp3) is 0.778. The SMILES string of the molecule is O=C(O)C(CO)NC(=O)C1CCCN1C(=O)C1CCCN1C(=O)C1CCCN1. The van der Waals surface area contributed by atoms with E-state index in [1.807, 2.05) is 0 Å². The summed E-state index contributed by atoms with van der Waals surface area (Å²) in [6, 6.07) is -2.99. The van der Waals surface area contributed by atoms with Gasteiger partial charge in [0.05, 0.1) is 12.6 Å². The number of aliphatic carboxylic acids is 1. The van der Waals surface area contributed by atoms with Crippen molar-refractivity contribution < 1.29 is 29.4 Å². The van der Waals surface area contributed by atoms with Crippen molar-refractivity contribution in [2.75, 3.05) is 26.2 Å². The molecule has 4 atom stereocenters. The average molecular weight is 396 g/mol. The monoisotopic (exact) mass is 396 g/mol. The Morgan fingerprint density at radius 1 is 0.964 bits per heavy atom. The summed E-state index contributed by atoms with van der Waals surface area (Å²) in [5, 5.41) is 23.6. The average Bonchev–Trinajstić information content (AvgIpc) is 3.44. The van der Waals surface area contributed by atoms with Crippen molar-refractivity contribution in [3.05, 3.63) is 0 Å². The predicted molar refractivity (Wildman–Crippen MR) is 97.1 cm³/mol. The summed E-state index contributed by atoms with van der Waals surface area (Å²) in [5.41, 5.74) is 0. The highest BCUT2D eigenvalue weighted by Crippen LogP contribution is 2.26. The number of carboxylic acids is 1. The summed E-state index contributed by atoms with van der Waals surface area (Å²) < 4.78 is 0. The molecule has 3 aliphatic heterocycles. The van der Waals surface area contributed by atoms with E-state index in [1.165, 1.54) is 4.90 Å². The Hall–Kier alpha value is -2.20. The molecule has 3 fully saturated rings. The number of amides is 3. The molecule has 10 heteroatoms. The lowest BCUT2D eigenvalue weighted by Crippen LogP contribution is -2.56. The smallest absolute Gasteiger partial charge is 0.328 e. The van der Waals surface area contributed by atoms with Crippen molar-refractivity contribution in [2.24, 2.45) is 0 Å². The number of carboxylic acid groups (broad SMARTS) is 1. The van der Waals surface area contributed by atoms with Crippen LogP contribution in [0.4, 0.5) is 0 Å². The van der Waals surface area contributed by atoms with Crippen LogP contribution in [0.25, 0.3) is 0 Å². The molecule has 10 nitrogen and oxygen atoms in total. The molecule has 3 amide bonds. The Kier molecular flexibility index (Phi) is 6.50. The quantitative estimate of drug-likeness (QED) is 0.419. The Balaban J connectivity index is 1.67. The molecule has 0 spiro atoms. The Labute approximate surface area is 163 Å². The highest BCUT2D eigenvalue weighted by atomic mass is 16.4. The highest BCUT2D eigenvalue weighted by molar-refractivity contribution is 5.95. The lowest BCUT2D eigenvalue weighted by atomic mass is 10.1. The van der Waals surface area contributed by atoms with Crippen LogP contribution in [0.1, 0.15) is 38.5 Å². The second-order valence-corrected chi connectivity index (χ2v) is 7.61. The van der Waals surface area contributed by atoms with Gasteiger partial charge in [-0.15, -0.1) is 0 Å². The number of likely N-dealkylation sites (tertiary alicyclic amines) is 2. The van der Waals surface area contributed by atoms with Gasteiger partial charge in [-0.05, 0) is 45.1 Å². The molecule has 28 heavy (non-hydrogen) atoms. The lowest BCUT2D eigenvalue weighted by Gasteiger charge is -2.32. The van der Waals surface area contributed by atoms with E-state index in [9.17, 15) is 19.2 Å². The first-order chi connectivity index (χ1) is 13.4. The summed E-state index contributed by atoms with van der Waals surface area (Å²) >= 11 is 0. The van der Waals surface area contributed by atoms with E-state index < -0.39 is 36.6 Å². The minimum atomic E-state index is -1.40. The summed E-state index contributed by atoms with van der Waals surface area (Å²) in [6.45, 7) is 1.01. The number of nitrogens with one attached hydrogen (secondary N) is 2. The number of aliphatic hydroxyl groups excluding tert-OH is 1. The Bertz CT molecular complexity index is 636. The van der Waals surface area contributed by atoms with Crippen LogP contribution in [-0.2, 0) is 19.2 Å². The minimum absolute atomic E-state index is 0.0558. The highest BCUT2D eigenvalue weighted by Gasteiger charge is 2.43. The fourth-order valence-electron chi connectivity index (χ4n) is 4.33. The van der Waals surface area contributed by atoms with Crippen molar-refractivity contribution in [2.45, 2.75) is 62.7 Å². The van der Waals surface area contributed by atoms with Gasteiger partial charge in [0, 0.05) is 13.1 Å². The largest absolute Gasteiger partial charge is 0.480 e. The van der Waals surface area contributed by atoms with Crippen molar-refractivity contribution in [1.29, 1.82) is 0 Å². The van der Waals surface area contributed by atoms with E-state index >= 15 is 0 Å². The van der Waals surface area contributed by atoms with Crippen LogP contribution in [-0.4, -0.2) is 94.1 Å². The van der Waals surface area contributed by atoms with Gasteiger partial charge >= 0.3 is 5.97 Å². The molecule has 0 bridgehead atoms. The first kappa shape index (κ1) is 20.5. The standard InChI is InChI=1S/C18H28N4O6/c23-10-12(18(27)28)20-15(24)13-5-2-8-21(13)17(26)14-6-3-9-22(14)16(25)11-4-1-7-19-11/h11-14,19,23H,1-10H2,(H,20,24)(H,27,28). The maximum atomic E-state index is 13.1. The van der Waals surface area contributed by atoms with E-state index in [4.69, 9.17) is 10.2 Å². The molecule has 4 unspecified atom stereocenters. The number of carbonyl (C=O) groups is 4. The van der Waals surface area contributed by atoms with Gasteiger partial charge in [0.15, 0.2) is 0 Å². The van der Waals surface area contributed by atoms with Crippen LogP contribution in [0.15, 0.2) is 0 Å². The number of hydrogen-bond donors (Lipinski definition) is 4. The van der Waals surface area contributed by atoms with E-state index in [0.717, 1.165) is 25.8 Å². The molecular weight excluding hydrogens is 368 g/mol. The molecule has 0 aromatic carbocycles. The third-order valence-corrected chi connectivity index (χ3v) is 5.82. The van der Waals surface area contributed by atoms with Gasteiger partial charge in [-0.25, -0.2) is 4.79 Å². The maximum Gasteiger partial charge on any atom is 0.328 e. The molecule has 4 N–H and O–H groups in total. The van der Waals surface area contributed by atoms with E-state index in [-0.39, 0.29) is 17.9 Å². The second-order valence-electron chi connectivity index (χ2n) is 7.61. The van der Waals surface area contributed by atoms with Gasteiger partial charge in [-0.2, -0.15) is 0 Å². The van der Waals surface area contributed by atoms with Gasteiger partial charge in [-0.3, -0.25) is 14.4 Å². The van der Waals surface area contributed by atoms with E-state index in [0.29, 0.717) is 32.4 Å². The van der Waals surface area contributed by atoms with Crippen LogP contribution < -0.4 is 10.6 Å². The maximum absolute atomic E-state index is 13.1. The first-order valence-corrected chi connectivity index (χ1v) is 9.92. The first-order valence-electron chi connectivity index (χ1n) is 9.92. The molecule has 0 aromatic rings. The van der Waals surface area contributed by atoms with Crippen molar-refractivity contribution in [1.82, 2.24) is 20.4 Å². The lowest BCUT2D eigenvalue weighted by molar-refractivity contribution is -0.148. The van der Waals surface area contributed by atoms with Crippen LogP contribution in [0.3, 0.4) is 0 Å². The van der Waals surface area contributed by atoms with Crippen LogP contribution in [0, 0.1) is 0 Å². The van der Waals surface area contributed by atoms with Crippen molar-refractivity contribution in [3.63, 3.8) is 0 Å². The van der Waals surface area contributed by atoms with Crippen molar-refractivity contribution >= 4 is 23.7 Å². The predicted octanol–water partition coefficient (Wildman–Crippen LogP) is -1.72. The summed E-state index contributed by atoms with van der Waals surface area (Å²) in [4.78, 5) is 52.6. The molecule has 3 saturated heterocycles. The van der Waals surface area contributed by atoms with E-state index in [1.54, 1.807) is 4.90 Å². The zero-order chi connectivity index (χ0) is 20.3. The third-order valence-electron chi connectivity index (χ3n) is 5.82. The normalized spacial score (nSPS) is 28.4. The van der Waals surface area contributed by atoms with Crippen LogP contribution in [0.2, 0.25) is 0 Å². The molecule has 156 valence electrons. The van der Waals surface area contributed by atoms with Crippen LogP contribution >= 0.6 is 0 Å².